The van der Waals surface area contributed by atoms with E-state index in [1.54, 1.807) is 18.4 Å². The minimum atomic E-state index is 0.688. The number of allylic oxidation sites excluding steroid dienone is 1. The molecule has 0 saturated carbocycles. The van der Waals surface area contributed by atoms with Crippen molar-refractivity contribution in [1.82, 2.24) is 19.3 Å². The number of hydrogen-bond donors (Lipinski definition) is 0. The molecule has 2 aromatic heterocycles. The number of benzene rings is 2. The lowest BCUT2D eigenvalue weighted by Crippen LogP contribution is -2.14. The second-order valence-electron chi connectivity index (χ2n) is 8.09. The number of nitrogens with zero attached hydrogens (tertiary/aromatic N) is 5. The quantitative estimate of drug-likeness (QED) is 0.353. The Balaban J connectivity index is 1.46. The van der Waals surface area contributed by atoms with Crippen LogP contribution in [-0.2, 0) is 19.5 Å². The number of hydrogen-bond acceptors (Lipinski definition) is 5. The van der Waals surface area contributed by atoms with Crippen LogP contribution in [0.4, 0.5) is 5.69 Å². The smallest absolute Gasteiger partial charge is 0.190 e. The fraction of sp³-hybridized carbons (Fsp3) is 0.269. The van der Waals surface area contributed by atoms with Crippen LogP contribution in [0.25, 0.3) is 22.6 Å². The second-order valence-corrected chi connectivity index (χ2v) is 8.93. The molecule has 0 amide bonds. The molecular weight excluding hydrogens is 430 g/mol. The second kappa shape index (κ2) is 9.58. The maximum atomic E-state index is 5.29. The number of fused-ring (bicyclic) bond motifs is 1. The molecule has 0 bridgehead atoms. The highest BCUT2D eigenvalue weighted by Crippen LogP contribution is 2.26. The topological polar surface area (TPSA) is 57.2 Å². The van der Waals surface area contributed by atoms with E-state index in [0.717, 1.165) is 57.7 Å². The zero-order valence-electron chi connectivity index (χ0n) is 18.8. The summed E-state index contributed by atoms with van der Waals surface area (Å²) in [6.45, 7) is 5.62. The molecule has 0 aliphatic carbocycles. The number of rotatable bonds is 6. The van der Waals surface area contributed by atoms with Crippen LogP contribution in [0.5, 0.6) is 5.75 Å². The van der Waals surface area contributed by atoms with Crippen molar-refractivity contribution in [3.63, 3.8) is 0 Å². The van der Waals surface area contributed by atoms with E-state index in [1.165, 1.54) is 19.3 Å². The number of thiazole rings is 1. The van der Waals surface area contributed by atoms with Gasteiger partial charge in [-0.3, -0.25) is 0 Å². The monoisotopic (exact) mass is 457 g/mol. The molecule has 0 unspecified atom stereocenters. The van der Waals surface area contributed by atoms with Crippen molar-refractivity contribution in [2.45, 2.75) is 38.8 Å². The first-order valence-electron chi connectivity index (χ1n) is 11.3. The van der Waals surface area contributed by atoms with Gasteiger partial charge in [0.05, 0.1) is 18.5 Å². The molecule has 0 saturated heterocycles. The van der Waals surface area contributed by atoms with E-state index in [1.807, 2.05) is 18.2 Å². The van der Waals surface area contributed by atoms with E-state index in [4.69, 9.17) is 9.73 Å². The minimum absolute atomic E-state index is 0.688. The Labute approximate surface area is 197 Å². The van der Waals surface area contributed by atoms with E-state index in [0.29, 0.717) is 6.54 Å². The van der Waals surface area contributed by atoms with Gasteiger partial charge in [-0.05, 0) is 66.9 Å². The molecule has 33 heavy (non-hydrogen) atoms. The van der Waals surface area contributed by atoms with Crippen LogP contribution < -0.4 is 9.54 Å². The molecule has 2 aromatic carbocycles. The Bertz CT molecular complexity index is 1310. The normalized spacial score (nSPS) is 14.0. The first-order chi connectivity index (χ1) is 16.3. The van der Waals surface area contributed by atoms with E-state index >= 15 is 0 Å². The van der Waals surface area contributed by atoms with Crippen LogP contribution in [0.3, 0.4) is 0 Å². The molecule has 0 N–H and O–H groups in total. The molecule has 1 aliphatic heterocycles. The van der Waals surface area contributed by atoms with Crippen LogP contribution >= 0.6 is 11.3 Å². The number of ether oxygens (including phenoxy) is 1. The Hall–Kier alpha value is -3.45. The molecule has 4 aromatic rings. The molecule has 0 radical (unpaired) electrons. The zero-order valence-corrected chi connectivity index (χ0v) is 19.6. The van der Waals surface area contributed by atoms with Gasteiger partial charge in [0, 0.05) is 30.5 Å². The maximum Gasteiger partial charge on any atom is 0.190 e. The van der Waals surface area contributed by atoms with E-state index in [9.17, 15) is 0 Å². The highest BCUT2D eigenvalue weighted by Gasteiger charge is 2.16. The fourth-order valence-electron chi connectivity index (χ4n) is 4.21. The summed E-state index contributed by atoms with van der Waals surface area (Å²) in [7, 11) is 1.68. The Morgan fingerprint density at radius 2 is 1.82 bits per heavy atom. The van der Waals surface area contributed by atoms with Crippen molar-refractivity contribution in [2.75, 3.05) is 7.11 Å². The summed E-state index contributed by atoms with van der Waals surface area (Å²) >= 11 is 1.63. The molecule has 168 valence electrons. The Morgan fingerprint density at radius 1 is 1.03 bits per heavy atom. The average molecular weight is 458 g/mol. The maximum absolute atomic E-state index is 5.29. The lowest BCUT2D eigenvalue weighted by molar-refractivity contribution is 0.415. The highest BCUT2D eigenvalue weighted by molar-refractivity contribution is 7.07. The van der Waals surface area contributed by atoms with Crippen molar-refractivity contribution in [3.05, 3.63) is 77.2 Å². The molecule has 7 heteroatoms. The van der Waals surface area contributed by atoms with Gasteiger partial charge in [0.25, 0.3) is 0 Å². The third kappa shape index (κ3) is 4.41. The van der Waals surface area contributed by atoms with Crippen LogP contribution in [0.15, 0.2) is 71.6 Å². The lowest BCUT2D eigenvalue weighted by Gasteiger charge is -2.08. The molecule has 3 heterocycles. The molecular formula is C26H27N5OS. The van der Waals surface area contributed by atoms with Crippen molar-refractivity contribution < 1.29 is 4.74 Å². The molecule has 5 rings (SSSR count). The Morgan fingerprint density at radius 3 is 2.58 bits per heavy atom. The lowest BCUT2D eigenvalue weighted by atomic mass is 10.1. The van der Waals surface area contributed by atoms with E-state index in [-0.39, 0.29) is 0 Å². The van der Waals surface area contributed by atoms with Crippen molar-refractivity contribution in [1.29, 1.82) is 0 Å². The first-order valence-corrected chi connectivity index (χ1v) is 12.2. The van der Waals surface area contributed by atoms with Crippen molar-refractivity contribution in [2.24, 2.45) is 4.99 Å². The van der Waals surface area contributed by atoms with E-state index in [2.05, 4.69) is 67.7 Å². The summed E-state index contributed by atoms with van der Waals surface area (Å²) in [6.07, 6.45) is 6.55. The summed E-state index contributed by atoms with van der Waals surface area (Å²) in [5.74, 6) is 2.91. The number of aryl methyl sites for hydroxylation is 1. The van der Waals surface area contributed by atoms with Gasteiger partial charge in [0.1, 0.15) is 11.6 Å². The predicted molar refractivity (Wildman–Crippen MR) is 133 cm³/mol. The Kier molecular flexibility index (Phi) is 6.21. The molecule has 0 atom stereocenters. The van der Waals surface area contributed by atoms with Crippen molar-refractivity contribution >= 4 is 17.0 Å². The SMILES string of the molecule is C=CCn1c(-c2ccc(OC)cc2)csc1=Nc1ccc(-c2nnc3n2CCCCC3)cc1. The summed E-state index contributed by atoms with van der Waals surface area (Å²) in [4.78, 5) is 5.87. The fourth-order valence-corrected chi connectivity index (χ4v) is 5.15. The summed E-state index contributed by atoms with van der Waals surface area (Å²) in [5.41, 5.74) is 4.23. The van der Waals surface area contributed by atoms with Gasteiger partial charge >= 0.3 is 0 Å². The molecule has 0 spiro atoms. The van der Waals surface area contributed by atoms with Gasteiger partial charge in [-0.1, -0.05) is 12.5 Å². The van der Waals surface area contributed by atoms with Crippen LogP contribution in [0.2, 0.25) is 0 Å². The summed E-state index contributed by atoms with van der Waals surface area (Å²) in [6, 6.07) is 16.4. The van der Waals surface area contributed by atoms with Crippen molar-refractivity contribution in [3.8, 4) is 28.4 Å². The first kappa shape index (κ1) is 21.4. The van der Waals surface area contributed by atoms with Gasteiger partial charge in [0.2, 0.25) is 0 Å². The summed E-state index contributed by atoms with van der Waals surface area (Å²) < 4.78 is 9.75. The molecule has 0 fully saturated rings. The average Bonchev–Trinajstić information content (AvgIpc) is 3.36. The largest absolute Gasteiger partial charge is 0.497 e. The minimum Gasteiger partial charge on any atom is -0.497 e. The molecule has 1 aliphatic rings. The number of aromatic nitrogens is 4. The third-order valence-electron chi connectivity index (χ3n) is 5.95. The highest BCUT2D eigenvalue weighted by atomic mass is 32.1. The summed E-state index contributed by atoms with van der Waals surface area (Å²) in [5, 5.41) is 11.0. The standard InChI is InChI=1S/C26H27N5OS/c1-3-16-30-23(19-10-14-22(32-2)15-11-19)18-33-26(30)27-21-12-8-20(9-13-21)25-29-28-24-7-5-4-6-17-31(24)25/h3,8-15,18H,1,4-7,16-17H2,2H3. The van der Waals surface area contributed by atoms with Gasteiger partial charge in [0.15, 0.2) is 10.6 Å². The van der Waals surface area contributed by atoms with Gasteiger partial charge < -0.3 is 13.9 Å². The van der Waals surface area contributed by atoms with Gasteiger partial charge in [-0.2, -0.15) is 0 Å². The number of methoxy groups -OCH3 is 1. The van der Waals surface area contributed by atoms with Gasteiger partial charge in [-0.25, -0.2) is 4.99 Å². The predicted octanol–water partition coefficient (Wildman–Crippen LogP) is 5.63. The van der Waals surface area contributed by atoms with Crippen LogP contribution in [0.1, 0.15) is 25.1 Å². The van der Waals surface area contributed by atoms with Crippen LogP contribution in [-0.4, -0.2) is 26.4 Å². The zero-order chi connectivity index (χ0) is 22.6. The third-order valence-corrected chi connectivity index (χ3v) is 6.82. The van der Waals surface area contributed by atoms with Gasteiger partial charge in [-0.15, -0.1) is 28.1 Å². The van der Waals surface area contributed by atoms with E-state index < -0.39 is 0 Å². The van der Waals surface area contributed by atoms with Crippen LogP contribution in [0, 0.1) is 0 Å². The molecule has 6 nitrogen and oxygen atoms in total.